The molecule has 0 aliphatic carbocycles. The van der Waals surface area contributed by atoms with Crippen LogP contribution in [0.25, 0.3) is 0 Å². The first-order chi connectivity index (χ1) is 21.2. The molecule has 1 N–H and O–H groups in total. The van der Waals surface area contributed by atoms with Gasteiger partial charge in [-0.1, -0.05) is 65.7 Å². The molecule has 0 bridgehead atoms. The number of hydrogen-bond acceptors (Lipinski definition) is 5. The van der Waals surface area contributed by atoms with Gasteiger partial charge in [0.15, 0.2) is 0 Å². The highest BCUT2D eigenvalue weighted by Gasteiger charge is 2.33. The Labute approximate surface area is 266 Å². The number of benzene rings is 4. The monoisotopic (exact) mass is 627 g/mol. The summed E-state index contributed by atoms with van der Waals surface area (Å²) in [6.45, 7) is 10.7. The maximum Gasteiger partial charge on any atom is 0.264 e. The Kier molecular flexibility index (Phi) is 10.3. The molecule has 0 aliphatic heterocycles. The van der Waals surface area contributed by atoms with E-state index in [9.17, 15) is 18.0 Å². The van der Waals surface area contributed by atoms with Crippen LogP contribution in [0, 0.1) is 13.8 Å². The lowest BCUT2D eigenvalue weighted by Crippen LogP contribution is -2.54. The fraction of sp³-hybridized carbons (Fsp3) is 0.278. The van der Waals surface area contributed by atoms with E-state index in [0.717, 1.165) is 21.0 Å². The number of amides is 2. The van der Waals surface area contributed by atoms with Crippen molar-refractivity contribution in [3.63, 3.8) is 0 Å². The SMILES string of the molecule is Cc1ccc(CN(C(=O)CN(c2ccc(Oc3ccccc3)cc2)S(=O)(=O)c2ccc(C)cc2)[C@@H](C)C(=O)NC(C)(C)C)cc1. The quantitative estimate of drug-likeness (QED) is 0.202. The van der Waals surface area contributed by atoms with Crippen LogP contribution >= 0.6 is 0 Å². The van der Waals surface area contributed by atoms with Gasteiger partial charge in [0.05, 0.1) is 10.6 Å². The highest BCUT2D eigenvalue weighted by molar-refractivity contribution is 7.92. The van der Waals surface area contributed by atoms with Crippen molar-refractivity contribution < 1.29 is 22.7 Å². The van der Waals surface area contributed by atoms with E-state index in [1.165, 1.54) is 17.0 Å². The summed E-state index contributed by atoms with van der Waals surface area (Å²) in [7, 11) is -4.18. The summed E-state index contributed by atoms with van der Waals surface area (Å²) in [5.74, 6) is 0.294. The average Bonchev–Trinajstić information content (AvgIpc) is 2.99. The van der Waals surface area contributed by atoms with Crippen molar-refractivity contribution in [2.75, 3.05) is 10.8 Å². The molecule has 9 heteroatoms. The number of anilines is 1. The third-order valence-electron chi connectivity index (χ3n) is 7.13. The third kappa shape index (κ3) is 8.95. The van der Waals surface area contributed by atoms with Gasteiger partial charge in [0.1, 0.15) is 24.1 Å². The van der Waals surface area contributed by atoms with E-state index in [2.05, 4.69) is 5.32 Å². The Bertz CT molecular complexity index is 1700. The van der Waals surface area contributed by atoms with Gasteiger partial charge < -0.3 is 15.0 Å². The van der Waals surface area contributed by atoms with Gasteiger partial charge in [0, 0.05) is 12.1 Å². The van der Waals surface area contributed by atoms with E-state index in [1.807, 2.05) is 89.2 Å². The van der Waals surface area contributed by atoms with Crippen LogP contribution in [0.4, 0.5) is 5.69 Å². The molecule has 1 atom stereocenters. The number of hydrogen-bond donors (Lipinski definition) is 1. The normalized spacial score (nSPS) is 12.2. The first-order valence-electron chi connectivity index (χ1n) is 14.8. The van der Waals surface area contributed by atoms with E-state index in [0.29, 0.717) is 11.5 Å². The fourth-order valence-electron chi connectivity index (χ4n) is 4.62. The van der Waals surface area contributed by atoms with Crippen molar-refractivity contribution in [1.29, 1.82) is 0 Å². The van der Waals surface area contributed by atoms with Crippen LogP contribution in [-0.4, -0.2) is 43.3 Å². The fourth-order valence-corrected chi connectivity index (χ4v) is 6.03. The number of nitrogens with one attached hydrogen (secondary N) is 1. The lowest BCUT2D eigenvalue weighted by Gasteiger charge is -2.33. The second-order valence-electron chi connectivity index (χ2n) is 12.2. The molecule has 2 amide bonds. The molecule has 0 unspecified atom stereocenters. The smallest absolute Gasteiger partial charge is 0.264 e. The Morgan fingerprint density at radius 1 is 0.778 bits per heavy atom. The van der Waals surface area contributed by atoms with E-state index >= 15 is 0 Å². The molecule has 0 radical (unpaired) electrons. The number of nitrogens with zero attached hydrogens (tertiary/aromatic N) is 2. The van der Waals surface area contributed by atoms with Crippen LogP contribution in [0.1, 0.15) is 44.4 Å². The standard InChI is InChI=1S/C36H41N3O5S/c1-26-12-16-29(17-13-26)24-38(28(3)35(41)37-36(4,5)6)34(40)25-39(45(42,43)33-22-14-27(2)15-23-33)30-18-20-32(21-19-30)44-31-10-8-7-9-11-31/h7-23,28H,24-25H2,1-6H3,(H,37,41)/t28-/m0/s1. The molecule has 236 valence electrons. The predicted octanol–water partition coefficient (Wildman–Crippen LogP) is 6.62. The highest BCUT2D eigenvalue weighted by Crippen LogP contribution is 2.29. The summed E-state index contributed by atoms with van der Waals surface area (Å²) in [6, 6.07) is 29.1. The third-order valence-corrected chi connectivity index (χ3v) is 8.92. The van der Waals surface area contributed by atoms with Gasteiger partial charge in [0.25, 0.3) is 10.0 Å². The summed E-state index contributed by atoms with van der Waals surface area (Å²) < 4.78 is 35.2. The van der Waals surface area contributed by atoms with Crippen LogP contribution < -0.4 is 14.4 Å². The van der Waals surface area contributed by atoms with Gasteiger partial charge in [0.2, 0.25) is 11.8 Å². The molecule has 0 saturated carbocycles. The zero-order chi connectivity index (χ0) is 32.8. The lowest BCUT2D eigenvalue weighted by atomic mass is 10.1. The number of rotatable bonds is 11. The summed E-state index contributed by atoms with van der Waals surface area (Å²) in [5, 5.41) is 2.94. The lowest BCUT2D eigenvalue weighted by molar-refractivity contribution is -0.140. The van der Waals surface area contributed by atoms with E-state index in [1.54, 1.807) is 43.3 Å². The van der Waals surface area contributed by atoms with Gasteiger partial charge in [-0.15, -0.1) is 0 Å². The van der Waals surface area contributed by atoms with Crippen molar-refractivity contribution in [1.82, 2.24) is 10.2 Å². The molecule has 4 aromatic rings. The molecule has 0 saturated heterocycles. The maximum atomic E-state index is 14.2. The van der Waals surface area contributed by atoms with Crippen molar-refractivity contribution in [3.05, 3.63) is 120 Å². The van der Waals surface area contributed by atoms with Crippen LogP contribution in [-0.2, 0) is 26.2 Å². The second kappa shape index (κ2) is 14.0. The van der Waals surface area contributed by atoms with E-state index < -0.39 is 34.1 Å². The molecule has 8 nitrogen and oxygen atoms in total. The van der Waals surface area contributed by atoms with Crippen molar-refractivity contribution >= 4 is 27.5 Å². The largest absolute Gasteiger partial charge is 0.457 e. The first-order valence-corrected chi connectivity index (χ1v) is 16.3. The predicted molar refractivity (Wildman–Crippen MR) is 178 cm³/mol. The Morgan fingerprint density at radius 3 is 1.87 bits per heavy atom. The number of aryl methyl sites for hydroxylation is 2. The summed E-state index contributed by atoms with van der Waals surface area (Å²) in [5.41, 5.74) is 2.55. The molecule has 4 aromatic carbocycles. The van der Waals surface area contributed by atoms with Gasteiger partial charge in [-0.3, -0.25) is 13.9 Å². The number of para-hydroxylation sites is 1. The maximum absolute atomic E-state index is 14.2. The topological polar surface area (TPSA) is 96.0 Å². The zero-order valence-corrected chi connectivity index (χ0v) is 27.5. The van der Waals surface area contributed by atoms with Gasteiger partial charge in [-0.2, -0.15) is 0 Å². The minimum absolute atomic E-state index is 0.0501. The number of carbonyl (C=O) groups excluding carboxylic acids is 2. The second-order valence-corrected chi connectivity index (χ2v) is 14.0. The molecule has 0 aromatic heterocycles. The van der Waals surface area contributed by atoms with Gasteiger partial charge in [-0.25, -0.2) is 8.42 Å². The summed E-state index contributed by atoms with van der Waals surface area (Å²) in [6.07, 6.45) is 0. The van der Waals surface area contributed by atoms with Gasteiger partial charge in [-0.05, 0) is 95.6 Å². The molecule has 4 rings (SSSR count). The van der Waals surface area contributed by atoms with Crippen LogP contribution in [0.15, 0.2) is 108 Å². The van der Waals surface area contributed by atoms with Crippen LogP contribution in [0.5, 0.6) is 11.5 Å². The molecule has 0 spiro atoms. The zero-order valence-electron chi connectivity index (χ0n) is 26.7. The number of sulfonamides is 1. The Hall–Kier alpha value is -4.63. The molecule has 0 heterocycles. The molecular weight excluding hydrogens is 586 g/mol. The van der Waals surface area contributed by atoms with Gasteiger partial charge >= 0.3 is 0 Å². The van der Waals surface area contributed by atoms with Crippen molar-refractivity contribution in [2.24, 2.45) is 0 Å². The molecule has 45 heavy (non-hydrogen) atoms. The summed E-state index contributed by atoms with van der Waals surface area (Å²) in [4.78, 5) is 28.9. The summed E-state index contributed by atoms with van der Waals surface area (Å²) >= 11 is 0. The highest BCUT2D eigenvalue weighted by atomic mass is 32.2. The van der Waals surface area contributed by atoms with Crippen molar-refractivity contribution in [3.8, 4) is 11.5 Å². The number of ether oxygens (including phenoxy) is 1. The van der Waals surface area contributed by atoms with Crippen LogP contribution in [0.3, 0.4) is 0 Å². The Balaban J connectivity index is 1.71. The Morgan fingerprint density at radius 2 is 1.31 bits per heavy atom. The van der Waals surface area contributed by atoms with Crippen molar-refractivity contribution in [2.45, 2.75) is 64.6 Å². The molecule has 0 aliphatic rings. The van der Waals surface area contributed by atoms with Crippen LogP contribution in [0.2, 0.25) is 0 Å². The molecule has 0 fully saturated rings. The number of carbonyl (C=O) groups is 2. The van der Waals surface area contributed by atoms with E-state index in [-0.39, 0.29) is 23.0 Å². The minimum atomic E-state index is -4.18. The first kappa shape index (κ1) is 33.3. The average molecular weight is 628 g/mol. The minimum Gasteiger partial charge on any atom is -0.457 e. The van der Waals surface area contributed by atoms with E-state index in [4.69, 9.17) is 4.74 Å². The molecular formula is C36H41N3O5S.